The fraction of sp³-hybridized carbons (Fsp3) is 0.765. The molecular formula is C34H50F6O2Si. The van der Waals surface area contributed by atoms with Gasteiger partial charge in [0.2, 0.25) is 0 Å². The Labute approximate surface area is 254 Å². The number of hydrogen-bond acceptors (Lipinski definition) is 2. The maximum Gasteiger partial charge on any atom is 0.429 e. The average molecular weight is 633 g/mol. The Morgan fingerprint density at radius 3 is 2.12 bits per heavy atom. The van der Waals surface area contributed by atoms with Crippen LogP contribution in [0.5, 0.6) is 0 Å². The number of fused-ring (bicyclic) bond motifs is 1. The Balaban J connectivity index is 1.49. The van der Waals surface area contributed by atoms with E-state index in [1.54, 1.807) is 0 Å². The molecule has 4 aliphatic carbocycles. The van der Waals surface area contributed by atoms with Crippen molar-refractivity contribution in [2.24, 2.45) is 22.7 Å². The predicted molar refractivity (Wildman–Crippen MR) is 162 cm³/mol. The van der Waals surface area contributed by atoms with E-state index in [-0.39, 0.29) is 40.4 Å². The quantitative estimate of drug-likeness (QED) is 0.172. The normalized spacial score (nSPS) is 32.6. The van der Waals surface area contributed by atoms with Gasteiger partial charge in [0.1, 0.15) is 0 Å². The predicted octanol–water partition coefficient (Wildman–Crippen LogP) is 10.8. The van der Waals surface area contributed by atoms with E-state index < -0.39 is 26.3 Å². The summed E-state index contributed by atoms with van der Waals surface area (Å²) in [4.78, 5) is 0. The van der Waals surface area contributed by atoms with E-state index in [0.717, 1.165) is 75.9 Å². The van der Waals surface area contributed by atoms with Crippen LogP contribution in [0.2, 0.25) is 18.1 Å². The minimum atomic E-state index is -5.83. The van der Waals surface area contributed by atoms with Crippen molar-refractivity contribution in [2.75, 3.05) is 0 Å². The highest BCUT2D eigenvalue weighted by atomic mass is 28.4. The van der Waals surface area contributed by atoms with Gasteiger partial charge in [-0.15, -0.1) is 0 Å². The van der Waals surface area contributed by atoms with Crippen LogP contribution in [0.1, 0.15) is 98.3 Å². The SMILES string of the molecule is C=C1/C(=C\C=C2/CCC[C@@]3(C)C2CC[C@@H]3C2(C/C=C/C(O)(C(F)(F)F)C(F)(F)F)CC2)CCC[C@@H]1O[Si](C)(C)C(C)(C)C. The van der Waals surface area contributed by atoms with Crippen LogP contribution in [0.3, 0.4) is 0 Å². The molecule has 0 amide bonds. The second-order valence-corrected chi connectivity index (χ2v) is 20.2. The molecule has 9 heteroatoms. The van der Waals surface area contributed by atoms with E-state index in [4.69, 9.17) is 4.43 Å². The van der Waals surface area contributed by atoms with Crippen molar-refractivity contribution in [1.29, 1.82) is 0 Å². The molecule has 0 aliphatic heterocycles. The summed E-state index contributed by atoms with van der Waals surface area (Å²) >= 11 is 0. The third-order valence-corrected chi connectivity index (χ3v) is 16.3. The first-order valence-electron chi connectivity index (χ1n) is 15.9. The van der Waals surface area contributed by atoms with Crippen LogP contribution in [0.4, 0.5) is 26.3 Å². The molecule has 244 valence electrons. The number of rotatable bonds is 7. The topological polar surface area (TPSA) is 29.5 Å². The molecule has 1 unspecified atom stereocenters. The molecule has 0 radical (unpaired) electrons. The van der Waals surface area contributed by atoms with Gasteiger partial charge < -0.3 is 9.53 Å². The fourth-order valence-electron chi connectivity index (χ4n) is 8.00. The van der Waals surface area contributed by atoms with Crippen LogP contribution in [-0.2, 0) is 4.43 Å². The molecule has 4 rings (SSSR count). The van der Waals surface area contributed by atoms with Gasteiger partial charge in [-0.1, -0.05) is 58.1 Å². The Morgan fingerprint density at radius 2 is 1.56 bits per heavy atom. The molecule has 4 saturated carbocycles. The summed E-state index contributed by atoms with van der Waals surface area (Å²) in [5.41, 5.74) is -1.45. The molecule has 1 N–H and O–H groups in total. The highest BCUT2D eigenvalue weighted by molar-refractivity contribution is 6.74. The molecule has 0 aromatic rings. The molecule has 4 atom stereocenters. The lowest BCUT2D eigenvalue weighted by atomic mass is 9.59. The summed E-state index contributed by atoms with van der Waals surface area (Å²) < 4.78 is 85.9. The van der Waals surface area contributed by atoms with Gasteiger partial charge in [0.15, 0.2) is 8.32 Å². The van der Waals surface area contributed by atoms with Gasteiger partial charge in [-0.3, -0.25) is 0 Å². The summed E-state index contributed by atoms with van der Waals surface area (Å²) in [6.07, 6.45) is 3.42. The van der Waals surface area contributed by atoms with Crippen LogP contribution in [0.25, 0.3) is 0 Å². The number of hydrogen-bond donors (Lipinski definition) is 1. The largest absolute Gasteiger partial charge is 0.429 e. The standard InChI is InChI=1S/C34H50F6O2Si/c1-23-24(11-8-13-27(23)42-43(6,7)29(2,3)4)14-15-25-12-9-18-30(5)26(25)16-17-28(30)31(21-22-31)19-10-20-32(41,33(35,36)37)34(38,39)40/h10,14-15,20,26-28,41H,1,8-9,11-13,16-19,21-22H2,2-7H3/b20-10+,24-14-,25-15+/t26?,27-,28-,30-/m0/s1. The first-order valence-corrected chi connectivity index (χ1v) is 18.8. The Kier molecular flexibility index (Phi) is 9.23. The Bertz CT molecular complexity index is 1140. The molecule has 0 bridgehead atoms. The van der Waals surface area contributed by atoms with Gasteiger partial charge in [-0.05, 0) is 129 Å². The van der Waals surface area contributed by atoms with Gasteiger partial charge in [0.25, 0.3) is 5.60 Å². The zero-order valence-electron chi connectivity index (χ0n) is 26.6. The summed E-state index contributed by atoms with van der Waals surface area (Å²) in [7, 11) is -1.94. The van der Waals surface area contributed by atoms with Crippen molar-refractivity contribution >= 4 is 8.32 Å². The fourth-order valence-corrected chi connectivity index (χ4v) is 9.32. The van der Waals surface area contributed by atoms with Crippen molar-refractivity contribution in [2.45, 2.75) is 141 Å². The van der Waals surface area contributed by atoms with Gasteiger partial charge >= 0.3 is 12.4 Å². The summed E-state index contributed by atoms with van der Waals surface area (Å²) in [5, 5.41) is 9.69. The van der Waals surface area contributed by atoms with Crippen molar-refractivity contribution in [3.8, 4) is 0 Å². The van der Waals surface area contributed by atoms with Gasteiger partial charge in [-0.25, -0.2) is 0 Å². The summed E-state index contributed by atoms with van der Waals surface area (Å²) in [6, 6.07) is 0. The van der Waals surface area contributed by atoms with E-state index in [1.807, 2.05) is 0 Å². The van der Waals surface area contributed by atoms with Crippen LogP contribution < -0.4 is 0 Å². The van der Waals surface area contributed by atoms with Crippen molar-refractivity contribution in [1.82, 2.24) is 0 Å². The number of allylic oxidation sites excluding steroid dienone is 4. The number of halogens is 6. The average Bonchev–Trinajstić information content (AvgIpc) is 3.54. The van der Waals surface area contributed by atoms with Gasteiger partial charge in [-0.2, -0.15) is 26.3 Å². The summed E-state index contributed by atoms with van der Waals surface area (Å²) in [5.74, 6) is 0.575. The first-order chi connectivity index (χ1) is 19.6. The van der Waals surface area contributed by atoms with Gasteiger partial charge in [0, 0.05) is 0 Å². The van der Waals surface area contributed by atoms with Crippen LogP contribution >= 0.6 is 0 Å². The first kappa shape index (κ1) is 34.5. The molecule has 2 nitrogen and oxygen atoms in total. The summed E-state index contributed by atoms with van der Waals surface area (Å²) in [6.45, 7) is 18.0. The van der Waals surface area contributed by atoms with E-state index in [0.29, 0.717) is 5.92 Å². The lowest BCUT2D eigenvalue weighted by molar-refractivity contribution is -0.347. The smallest absolute Gasteiger partial charge is 0.410 e. The molecule has 0 spiro atoms. The molecule has 0 aromatic heterocycles. The van der Waals surface area contributed by atoms with Crippen molar-refractivity contribution in [3.63, 3.8) is 0 Å². The molecule has 4 aliphatic rings. The zero-order chi connectivity index (χ0) is 32.3. The Hall–Kier alpha value is -1.32. The zero-order valence-corrected chi connectivity index (χ0v) is 27.6. The molecule has 4 fully saturated rings. The monoisotopic (exact) mass is 632 g/mol. The molecule has 0 heterocycles. The minimum absolute atomic E-state index is 0.0434. The Morgan fingerprint density at radius 1 is 0.930 bits per heavy atom. The molecule has 0 saturated heterocycles. The van der Waals surface area contributed by atoms with Gasteiger partial charge in [0.05, 0.1) is 6.10 Å². The van der Waals surface area contributed by atoms with E-state index in [9.17, 15) is 31.4 Å². The second kappa shape index (κ2) is 11.5. The molecular weight excluding hydrogens is 582 g/mol. The maximum atomic E-state index is 13.2. The van der Waals surface area contributed by atoms with E-state index in [2.05, 4.69) is 59.5 Å². The maximum absolute atomic E-state index is 13.2. The van der Waals surface area contributed by atoms with Crippen molar-refractivity contribution in [3.05, 3.63) is 47.6 Å². The highest BCUT2D eigenvalue weighted by Gasteiger charge is 2.69. The van der Waals surface area contributed by atoms with Crippen LogP contribution in [-0.4, -0.2) is 37.5 Å². The third-order valence-electron chi connectivity index (χ3n) is 11.8. The highest BCUT2D eigenvalue weighted by Crippen LogP contribution is 2.70. The van der Waals surface area contributed by atoms with Crippen LogP contribution in [0.15, 0.2) is 47.6 Å². The minimum Gasteiger partial charge on any atom is -0.410 e. The molecule has 0 aromatic carbocycles. The lowest BCUT2D eigenvalue weighted by Crippen LogP contribution is -2.55. The van der Waals surface area contributed by atoms with E-state index in [1.165, 1.54) is 11.1 Å². The van der Waals surface area contributed by atoms with Crippen LogP contribution in [0, 0.1) is 22.7 Å². The number of aliphatic hydroxyl groups is 1. The second-order valence-electron chi connectivity index (χ2n) is 15.5. The van der Waals surface area contributed by atoms with Crippen molar-refractivity contribution < 1.29 is 35.9 Å². The van der Waals surface area contributed by atoms with E-state index >= 15 is 0 Å². The molecule has 43 heavy (non-hydrogen) atoms. The number of alkyl halides is 6. The third kappa shape index (κ3) is 6.51. The lowest BCUT2D eigenvalue weighted by Gasteiger charge is -2.45.